The quantitative estimate of drug-likeness (QED) is 0.884. The topological polar surface area (TPSA) is 49.3 Å². The fraction of sp³-hybridized carbons (Fsp3) is 0.316. The zero-order valence-corrected chi connectivity index (χ0v) is 13.1. The van der Waals surface area contributed by atoms with E-state index >= 15 is 0 Å². The van der Waals surface area contributed by atoms with E-state index in [9.17, 15) is 18.7 Å². The summed E-state index contributed by atoms with van der Waals surface area (Å²) >= 11 is 0. The third kappa shape index (κ3) is 2.91. The van der Waals surface area contributed by atoms with Crippen molar-refractivity contribution >= 4 is 5.91 Å². The zero-order valence-electron chi connectivity index (χ0n) is 13.1. The van der Waals surface area contributed by atoms with Crippen LogP contribution in [0.3, 0.4) is 0 Å². The van der Waals surface area contributed by atoms with Crippen LogP contribution in [0.25, 0.3) is 0 Å². The predicted octanol–water partition coefficient (Wildman–Crippen LogP) is 3.24. The number of aliphatic hydroxyl groups excluding tert-OH is 1. The third-order valence-corrected chi connectivity index (χ3v) is 4.76. The van der Waals surface area contributed by atoms with Crippen LogP contribution in [0.2, 0.25) is 0 Å². The van der Waals surface area contributed by atoms with Crippen LogP contribution in [0.1, 0.15) is 36.5 Å². The van der Waals surface area contributed by atoms with Gasteiger partial charge >= 0.3 is 0 Å². The fourth-order valence-electron chi connectivity index (χ4n) is 3.22. The van der Waals surface area contributed by atoms with Crippen molar-refractivity contribution in [2.45, 2.75) is 30.8 Å². The first kappa shape index (κ1) is 16.6. The first-order valence-electron chi connectivity index (χ1n) is 8.00. The van der Waals surface area contributed by atoms with Crippen LogP contribution in [0.5, 0.6) is 0 Å². The Labute approximate surface area is 139 Å². The molecule has 0 aromatic heterocycles. The molecule has 24 heavy (non-hydrogen) atoms. The Balaban J connectivity index is 1.71. The van der Waals surface area contributed by atoms with Gasteiger partial charge in [0.25, 0.3) is 0 Å². The summed E-state index contributed by atoms with van der Waals surface area (Å²) in [6.45, 7) is -0.231. The fourth-order valence-corrected chi connectivity index (χ4v) is 3.22. The van der Waals surface area contributed by atoms with Crippen molar-refractivity contribution in [2.75, 3.05) is 6.54 Å². The molecular formula is C19H19F2NO2. The Kier molecular flexibility index (Phi) is 4.62. The predicted molar refractivity (Wildman–Crippen MR) is 86.3 cm³/mol. The van der Waals surface area contributed by atoms with E-state index in [0.717, 1.165) is 37.0 Å². The number of amides is 1. The lowest BCUT2D eigenvalue weighted by Gasteiger charge is -2.41. The molecule has 1 unspecified atom stereocenters. The largest absolute Gasteiger partial charge is 0.386 e. The molecule has 0 saturated heterocycles. The van der Waals surface area contributed by atoms with Crippen LogP contribution in [-0.4, -0.2) is 17.6 Å². The standard InChI is InChI=1S/C19H19F2NO2/c20-14-8-4-9-15(21)17(14)16(23)12-22-18(24)19(10-5-11-19)13-6-2-1-3-7-13/h1-4,6-9,16,23H,5,10-12H2,(H,22,24). The van der Waals surface area contributed by atoms with Gasteiger partial charge in [0, 0.05) is 6.54 Å². The van der Waals surface area contributed by atoms with Crippen LogP contribution in [0, 0.1) is 11.6 Å². The van der Waals surface area contributed by atoms with Gasteiger partial charge in [-0.2, -0.15) is 0 Å². The average molecular weight is 331 g/mol. The highest BCUT2D eigenvalue weighted by Crippen LogP contribution is 2.43. The van der Waals surface area contributed by atoms with E-state index in [1.54, 1.807) is 0 Å². The Bertz CT molecular complexity index is 709. The van der Waals surface area contributed by atoms with Crippen LogP contribution >= 0.6 is 0 Å². The van der Waals surface area contributed by atoms with E-state index in [0.29, 0.717) is 0 Å². The van der Waals surface area contributed by atoms with Crippen LogP contribution in [0.4, 0.5) is 8.78 Å². The molecule has 0 bridgehead atoms. The summed E-state index contributed by atoms with van der Waals surface area (Å²) < 4.78 is 27.4. The lowest BCUT2D eigenvalue weighted by Crippen LogP contribution is -2.50. The highest BCUT2D eigenvalue weighted by molar-refractivity contribution is 5.89. The van der Waals surface area contributed by atoms with Gasteiger partial charge in [-0.05, 0) is 30.5 Å². The summed E-state index contributed by atoms with van der Waals surface area (Å²) in [5, 5.41) is 12.7. The molecule has 1 atom stereocenters. The van der Waals surface area contributed by atoms with E-state index in [4.69, 9.17) is 0 Å². The van der Waals surface area contributed by atoms with Crippen molar-refractivity contribution in [3.63, 3.8) is 0 Å². The maximum Gasteiger partial charge on any atom is 0.230 e. The van der Waals surface area contributed by atoms with E-state index in [1.165, 1.54) is 6.07 Å². The van der Waals surface area contributed by atoms with Gasteiger partial charge in [0.2, 0.25) is 5.91 Å². The minimum Gasteiger partial charge on any atom is -0.386 e. The van der Waals surface area contributed by atoms with Crippen LogP contribution < -0.4 is 5.32 Å². The van der Waals surface area contributed by atoms with E-state index in [-0.39, 0.29) is 12.5 Å². The van der Waals surface area contributed by atoms with Crippen molar-refractivity contribution in [3.8, 4) is 0 Å². The molecular weight excluding hydrogens is 312 g/mol. The molecule has 5 heteroatoms. The molecule has 3 rings (SSSR count). The summed E-state index contributed by atoms with van der Waals surface area (Å²) in [6, 6.07) is 12.9. The molecule has 1 fully saturated rings. The summed E-state index contributed by atoms with van der Waals surface area (Å²) in [4.78, 5) is 12.6. The minimum absolute atomic E-state index is 0.212. The maximum absolute atomic E-state index is 13.7. The van der Waals surface area contributed by atoms with E-state index in [2.05, 4.69) is 5.32 Å². The molecule has 2 aromatic rings. The third-order valence-electron chi connectivity index (χ3n) is 4.76. The smallest absolute Gasteiger partial charge is 0.230 e. The molecule has 1 aliphatic rings. The first-order chi connectivity index (χ1) is 11.5. The molecule has 1 saturated carbocycles. The molecule has 1 amide bonds. The summed E-state index contributed by atoms with van der Waals surface area (Å²) in [5.74, 6) is -1.85. The maximum atomic E-state index is 13.7. The molecule has 0 radical (unpaired) electrons. The van der Waals surface area contributed by atoms with Crippen molar-refractivity contribution in [2.24, 2.45) is 0 Å². The molecule has 0 aliphatic heterocycles. The molecule has 3 nitrogen and oxygen atoms in total. The highest BCUT2D eigenvalue weighted by Gasteiger charge is 2.45. The number of nitrogens with one attached hydrogen (secondary N) is 1. The number of aliphatic hydroxyl groups is 1. The lowest BCUT2D eigenvalue weighted by molar-refractivity contribution is -0.130. The Morgan fingerprint density at radius 3 is 2.25 bits per heavy atom. The van der Waals surface area contributed by atoms with Gasteiger partial charge in [-0.1, -0.05) is 42.8 Å². The van der Waals surface area contributed by atoms with Crippen molar-refractivity contribution in [3.05, 3.63) is 71.3 Å². The monoisotopic (exact) mass is 331 g/mol. The van der Waals surface area contributed by atoms with Crippen molar-refractivity contribution in [1.29, 1.82) is 0 Å². The second kappa shape index (κ2) is 6.69. The Morgan fingerprint density at radius 2 is 1.71 bits per heavy atom. The number of benzene rings is 2. The number of rotatable bonds is 5. The van der Waals surface area contributed by atoms with Gasteiger partial charge in [-0.25, -0.2) is 8.78 Å². The number of hydrogen-bond donors (Lipinski definition) is 2. The van der Waals surface area contributed by atoms with Crippen molar-refractivity contribution < 1.29 is 18.7 Å². The van der Waals surface area contributed by atoms with Gasteiger partial charge in [-0.15, -0.1) is 0 Å². The molecule has 0 spiro atoms. The van der Waals surface area contributed by atoms with Crippen LogP contribution in [-0.2, 0) is 10.2 Å². The lowest BCUT2D eigenvalue weighted by atomic mass is 9.64. The average Bonchev–Trinajstić information content (AvgIpc) is 2.53. The van der Waals surface area contributed by atoms with Gasteiger partial charge in [0.15, 0.2) is 0 Å². The molecule has 2 N–H and O–H groups in total. The Hall–Kier alpha value is -2.27. The number of hydrogen-bond acceptors (Lipinski definition) is 2. The molecule has 2 aromatic carbocycles. The number of halogens is 2. The summed E-state index contributed by atoms with van der Waals surface area (Å²) in [5.41, 5.74) is -0.0881. The highest BCUT2D eigenvalue weighted by atomic mass is 19.1. The zero-order chi connectivity index (χ0) is 17.2. The first-order valence-corrected chi connectivity index (χ1v) is 8.00. The summed E-state index contributed by atoms with van der Waals surface area (Å²) in [6.07, 6.45) is 0.982. The van der Waals surface area contributed by atoms with E-state index < -0.39 is 28.7 Å². The molecule has 1 aliphatic carbocycles. The van der Waals surface area contributed by atoms with Gasteiger partial charge in [0.05, 0.1) is 11.0 Å². The normalized spacial score (nSPS) is 17.0. The second-order valence-electron chi connectivity index (χ2n) is 6.16. The van der Waals surface area contributed by atoms with Gasteiger partial charge in [-0.3, -0.25) is 4.79 Å². The summed E-state index contributed by atoms with van der Waals surface area (Å²) in [7, 11) is 0. The number of carbonyl (C=O) groups is 1. The van der Waals surface area contributed by atoms with Crippen molar-refractivity contribution in [1.82, 2.24) is 5.32 Å². The van der Waals surface area contributed by atoms with Gasteiger partial charge < -0.3 is 10.4 Å². The van der Waals surface area contributed by atoms with E-state index in [1.807, 2.05) is 30.3 Å². The second-order valence-corrected chi connectivity index (χ2v) is 6.16. The van der Waals surface area contributed by atoms with Crippen LogP contribution in [0.15, 0.2) is 48.5 Å². The Morgan fingerprint density at radius 1 is 1.08 bits per heavy atom. The SMILES string of the molecule is O=C(NCC(O)c1c(F)cccc1F)C1(c2ccccc2)CCC1. The molecule has 0 heterocycles. The van der Waals surface area contributed by atoms with Gasteiger partial charge in [0.1, 0.15) is 17.7 Å². The number of carbonyl (C=O) groups excluding carboxylic acids is 1. The molecule has 126 valence electrons. The minimum atomic E-state index is -1.43.